The zero-order valence-electron chi connectivity index (χ0n) is 14.2. The van der Waals surface area contributed by atoms with E-state index < -0.39 is 29.9 Å². The highest BCUT2D eigenvalue weighted by Crippen LogP contribution is 2.32. The van der Waals surface area contributed by atoms with Gasteiger partial charge in [0.15, 0.2) is 5.65 Å². The lowest BCUT2D eigenvalue weighted by Crippen LogP contribution is -2.21. The van der Waals surface area contributed by atoms with Crippen LogP contribution in [-0.2, 0) is 22.3 Å². The van der Waals surface area contributed by atoms with Gasteiger partial charge in [-0.3, -0.25) is 14.0 Å². The van der Waals surface area contributed by atoms with Crippen LogP contribution in [0.25, 0.3) is 16.8 Å². The van der Waals surface area contributed by atoms with Crippen molar-refractivity contribution in [1.82, 2.24) is 9.38 Å². The normalized spacial score (nSPS) is 11.6. The van der Waals surface area contributed by atoms with Crippen LogP contribution in [0.4, 0.5) is 13.2 Å². The van der Waals surface area contributed by atoms with E-state index in [1.807, 2.05) is 0 Å². The molecule has 0 aliphatic carbocycles. The third kappa shape index (κ3) is 3.98. The lowest BCUT2D eigenvalue weighted by atomic mass is 10.0. The molecule has 2 heterocycles. The number of ether oxygens (including phenoxy) is 1. The lowest BCUT2D eigenvalue weighted by Gasteiger charge is -2.14. The third-order valence-corrected chi connectivity index (χ3v) is 4.30. The highest BCUT2D eigenvalue weighted by atomic mass is 35.5. The second-order valence-electron chi connectivity index (χ2n) is 5.80. The molecule has 0 bridgehead atoms. The number of hydrogen-bond donors (Lipinski definition) is 0. The summed E-state index contributed by atoms with van der Waals surface area (Å²) < 4.78 is 45.2. The van der Waals surface area contributed by atoms with E-state index in [0.717, 1.165) is 23.5 Å². The first-order valence-corrected chi connectivity index (χ1v) is 8.55. The lowest BCUT2D eigenvalue weighted by molar-refractivity contribution is -0.142. The van der Waals surface area contributed by atoms with Crippen LogP contribution in [0.3, 0.4) is 0 Å². The summed E-state index contributed by atoms with van der Waals surface area (Å²) in [6.07, 6.45) is -3.34. The van der Waals surface area contributed by atoms with Crippen molar-refractivity contribution < 1.29 is 22.7 Å². The summed E-state index contributed by atoms with van der Waals surface area (Å²) in [5.41, 5.74) is -1.80. The molecular weight excluding hydrogens is 420 g/mol. The fourth-order valence-electron chi connectivity index (χ4n) is 2.63. The predicted octanol–water partition coefficient (Wildman–Crippen LogP) is 4.75. The first kappa shape index (κ1) is 20.2. The average molecular weight is 431 g/mol. The van der Waals surface area contributed by atoms with Gasteiger partial charge in [-0.05, 0) is 23.8 Å². The van der Waals surface area contributed by atoms with Crippen LogP contribution in [0.15, 0.2) is 41.3 Å². The summed E-state index contributed by atoms with van der Waals surface area (Å²) in [6, 6.07) is 5.59. The van der Waals surface area contributed by atoms with Crippen molar-refractivity contribution in [2.45, 2.75) is 19.7 Å². The molecule has 2 aromatic heterocycles. The van der Waals surface area contributed by atoms with Crippen LogP contribution in [-0.4, -0.2) is 15.4 Å². The van der Waals surface area contributed by atoms with Crippen LogP contribution in [0, 0.1) is 0 Å². The Morgan fingerprint density at radius 2 is 1.96 bits per heavy atom. The molecule has 0 saturated heterocycles. The van der Waals surface area contributed by atoms with Gasteiger partial charge in [-0.2, -0.15) is 13.2 Å². The number of alkyl halides is 3. The predicted molar refractivity (Wildman–Crippen MR) is 97.4 cm³/mol. The minimum absolute atomic E-state index is 0.0243. The topological polar surface area (TPSA) is 60.7 Å². The van der Waals surface area contributed by atoms with Crippen molar-refractivity contribution in [3.63, 3.8) is 0 Å². The molecule has 3 rings (SSSR count). The SMILES string of the molecule is CC(=O)OCc1nc2c(Cl)cc(Cl)cn2c(=O)c1-c1cccc(C(F)(F)F)c1. The fourth-order valence-corrected chi connectivity index (χ4v) is 3.14. The van der Waals surface area contributed by atoms with Gasteiger partial charge in [-0.1, -0.05) is 35.3 Å². The van der Waals surface area contributed by atoms with Gasteiger partial charge in [0.2, 0.25) is 0 Å². The Balaban J connectivity index is 2.33. The van der Waals surface area contributed by atoms with Gasteiger partial charge >= 0.3 is 12.1 Å². The number of carbonyl (C=O) groups is 1. The standard InChI is InChI=1S/C18H11Cl2F3N2O3/c1-9(26)28-8-14-15(10-3-2-4-11(5-10)18(21,22)23)17(27)25-7-12(19)6-13(20)16(25)24-14/h2-7H,8H2,1H3. The van der Waals surface area contributed by atoms with Crippen molar-refractivity contribution in [3.05, 3.63) is 68.2 Å². The van der Waals surface area contributed by atoms with E-state index in [9.17, 15) is 22.8 Å². The highest BCUT2D eigenvalue weighted by Gasteiger charge is 2.31. The Bertz CT molecular complexity index is 1140. The molecule has 0 spiro atoms. The maximum Gasteiger partial charge on any atom is 0.416 e. The number of fused-ring (bicyclic) bond motifs is 1. The Hall–Kier alpha value is -2.58. The van der Waals surface area contributed by atoms with E-state index in [-0.39, 0.29) is 32.5 Å². The molecule has 5 nitrogen and oxygen atoms in total. The summed E-state index contributed by atoms with van der Waals surface area (Å²) in [6.45, 7) is 0.746. The van der Waals surface area contributed by atoms with Crippen LogP contribution >= 0.6 is 23.2 Å². The summed E-state index contributed by atoms with van der Waals surface area (Å²) in [5.74, 6) is -0.640. The van der Waals surface area contributed by atoms with E-state index in [2.05, 4.69) is 4.98 Å². The minimum Gasteiger partial charge on any atom is -0.459 e. The molecule has 28 heavy (non-hydrogen) atoms. The molecule has 0 radical (unpaired) electrons. The number of rotatable bonds is 3. The van der Waals surface area contributed by atoms with E-state index in [1.165, 1.54) is 24.4 Å². The maximum absolute atomic E-state index is 13.1. The number of benzene rings is 1. The third-order valence-electron chi connectivity index (χ3n) is 3.81. The number of esters is 1. The van der Waals surface area contributed by atoms with Crippen LogP contribution in [0.5, 0.6) is 0 Å². The quantitative estimate of drug-likeness (QED) is 0.562. The monoisotopic (exact) mass is 430 g/mol. The van der Waals surface area contributed by atoms with Gasteiger partial charge in [0, 0.05) is 13.1 Å². The molecule has 0 fully saturated rings. The molecule has 0 unspecified atom stereocenters. The Morgan fingerprint density at radius 1 is 1.25 bits per heavy atom. The second-order valence-corrected chi connectivity index (χ2v) is 6.64. The molecule has 0 N–H and O–H groups in total. The van der Waals surface area contributed by atoms with E-state index in [1.54, 1.807) is 0 Å². The molecule has 0 atom stereocenters. The first-order valence-electron chi connectivity index (χ1n) is 7.79. The van der Waals surface area contributed by atoms with Crippen LogP contribution in [0.1, 0.15) is 18.2 Å². The molecule has 0 amide bonds. The van der Waals surface area contributed by atoms with E-state index >= 15 is 0 Å². The van der Waals surface area contributed by atoms with Crippen molar-refractivity contribution in [3.8, 4) is 11.1 Å². The number of nitrogens with zero attached hydrogens (tertiary/aromatic N) is 2. The first-order chi connectivity index (χ1) is 13.1. The van der Waals surface area contributed by atoms with Gasteiger partial charge in [0.1, 0.15) is 6.61 Å². The van der Waals surface area contributed by atoms with Crippen molar-refractivity contribution >= 4 is 34.8 Å². The maximum atomic E-state index is 13.1. The summed E-state index contributed by atoms with van der Waals surface area (Å²) in [7, 11) is 0. The van der Waals surface area contributed by atoms with Crippen LogP contribution < -0.4 is 5.56 Å². The highest BCUT2D eigenvalue weighted by molar-refractivity contribution is 6.36. The zero-order valence-corrected chi connectivity index (χ0v) is 15.7. The molecular formula is C18H11Cl2F3N2O3. The summed E-state index contributed by atoms with van der Waals surface area (Å²) >= 11 is 12.0. The summed E-state index contributed by atoms with van der Waals surface area (Å²) in [4.78, 5) is 28.5. The molecule has 0 aliphatic rings. The van der Waals surface area contributed by atoms with E-state index in [4.69, 9.17) is 27.9 Å². The number of halogens is 5. The molecule has 1 aromatic carbocycles. The number of pyridine rings is 1. The average Bonchev–Trinajstić information content (AvgIpc) is 2.60. The Labute approximate surface area is 166 Å². The van der Waals surface area contributed by atoms with Gasteiger partial charge in [0.05, 0.1) is 26.9 Å². The van der Waals surface area contributed by atoms with Gasteiger partial charge < -0.3 is 4.74 Å². The van der Waals surface area contributed by atoms with Gasteiger partial charge in [-0.15, -0.1) is 0 Å². The van der Waals surface area contributed by atoms with Crippen molar-refractivity contribution in [2.24, 2.45) is 0 Å². The molecule has 0 aliphatic heterocycles. The van der Waals surface area contributed by atoms with Crippen LogP contribution in [0.2, 0.25) is 10.0 Å². The number of carbonyl (C=O) groups excluding carboxylic acids is 1. The van der Waals surface area contributed by atoms with Gasteiger partial charge in [0.25, 0.3) is 5.56 Å². The van der Waals surface area contributed by atoms with Crippen molar-refractivity contribution in [1.29, 1.82) is 0 Å². The molecule has 10 heteroatoms. The Kier molecular flexibility index (Phi) is 5.36. The fraction of sp³-hybridized carbons (Fsp3) is 0.167. The van der Waals surface area contributed by atoms with Gasteiger partial charge in [-0.25, -0.2) is 4.98 Å². The molecule has 146 valence electrons. The number of aromatic nitrogens is 2. The number of hydrogen-bond acceptors (Lipinski definition) is 4. The molecule has 3 aromatic rings. The molecule has 0 saturated carbocycles. The smallest absolute Gasteiger partial charge is 0.416 e. The minimum atomic E-state index is -4.60. The summed E-state index contributed by atoms with van der Waals surface area (Å²) in [5, 5.41) is 0.202. The Morgan fingerprint density at radius 3 is 2.61 bits per heavy atom. The largest absolute Gasteiger partial charge is 0.459 e. The van der Waals surface area contributed by atoms with Crippen molar-refractivity contribution in [2.75, 3.05) is 0 Å². The second kappa shape index (κ2) is 7.44. The van der Waals surface area contributed by atoms with E-state index in [0.29, 0.717) is 0 Å². The zero-order chi connectivity index (χ0) is 20.6.